The summed E-state index contributed by atoms with van der Waals surface area (Å²) >= 11 is 6.00. The van der Waals surface area contributed by atoms with E-state index < -0.39 is 17.7 Å². The Balaban J connectivity index is 1.73. The van der Waals surface area contributed by atoms with Gasteiger partial charge in [-0.3, -0.25) is 14.5 Å². The smallest absolute Gasteiger partial charge is 0.295 e. The van der Waals surface area contributed by atoms with E-state index in [2.05, 4.69) is 4.90 Å². The van der Waals surface area contributed by atoms with Gasteiger partial charge in [-0.05, 0) is 48.4 Å². The third kappa shape index (κ3) is 5.27. The zero-order valence-corrected chi connectivity index (χ0v) is 20.0. The second kappa shape index (κ2) is 11.0. The van der Waals surface area contributed by atoms with E-state index in [0.717, 1.165) is 19.5 Å². The van der Waals surface area contributed by atoms with Gasteiger partial charge in [-0.1, -0.05) is 30.7 Å². The average Bonchev–Trinajstić information content (AvgIpc) is 3.12. The predicted molar refractivity (Wildman–Crippen MR) is 130 cm³/mol. The first-order chi connectivity index (χ1) is 16.5. The van der Waals surface area contributed by atoms with Crippen LogP contribution >= 0.6 is 11.6 Å². The number of rotatable bonds is 8. The number of likely N-dealkylation sites (tertiary alicyclic amines) is 1. The molecule has 2 fully saturated rings. The number of hydrogen-bond acceptors (Lipinski definition) is 6. The highest BCUT2D eigenvalue weighted by Gasteiger charge is 2.46. The molecule has 0 unspecified atom stereocenters. The lowest BCUT2D eigenvalue weighted by Gasteiger charge is -2.31. The lowest BCUT2D eigenvalue weighted by Crippen LogP contribution is -2.42. The van der Waals surface area contributed by atoms with Crippen molar-refractivity contribution >= 4 is 29.1 Å². The van der Waals surface area contributed by atoms with E-state index in [9.17, 15) is 14.7 Å². The predicted octanol–water partition coefficient (Wildman–Crippen LogP) is 3.88. The van der Waals surface area contributed by atoms with Crippen molar-refractivity contribution in [1.82, 2.24) is 9.80 Å². The molecule has 1 N–H and O–H groups in total. The normalized spacial score (nSPS) is 20.6. The van der Waals surface area contributed by atoms with E-state index in [0.29, 0.717) is 54.8 Å². The van der Waals surface area contributed by atoms with E-state index in [1.54, 1.807) is 29.2 Å². The van der Waals surface area contributed by atoms with Crippen LogP contribution < -0.4 is 4.74 Å². The highest BCUT2D eigenvalue weighted by atomic mass is 35.5. The van der Waals surface area contributed by atoms with Crippen molar-refractivity contribution in [2.45, 2.75) is 19.4 Å². The van der Waals surface area contributed by atoms with Gasteiger partial charge in [-0.25, -0.2) is 0 Å². The Bertz CT molecular complexity index is 1060. The first-order valence-electron chi connectivity index (χ1n) is 11.6. The summed E-state index contributed by atoms with van der Waals surface area (Å²) in [5.74, 6) is -0.869. The van der Waals surface area contributed by atoms with Crippen LogP contribution in [0.25, 0.3) is 5.76 Å². The minimum absolute atomic E-state index is 0.0712. The van der Waals surface area contributed by atoms with Crippen LogP contribution in [0.2, 0.25) is 5.02 Å². The summed E-state index contributed by atoms with van der Waals surface area (Å²) in [6.07, 6.45) is 0.860. The standard InChI is InChI=1S/C26H29ClN2O5/c1-2-14-34-21-5-3-4-19(17-21)23-22(24(30)18-6-8-20(27)9-7-18)25(31)26(32)29(23)11-10-28-12-15-33-16-13-28/h3-9,17,23,30H,2,10-16H2,1H3/b24-22+/t23-/m1/s1. The molecule has 1 atom stereocenters. The van der Waals surface area contributed by atoms with Crippen molar-refractivity contribution in [3.05, 3.63) is 70.3 Å². The fraction of sp³-hybridized carbons (Fsp3) is 0.385. The average molecular weight is 485 g/mol. The maximum atomic E-state index is 13.2. The van der Waals surface area contributed by atoms with Crippen molar-refractivity contribution in [2.24, 2.45) is 0 Å². The first kappa shape index (κ1) is 24.3. The molecule has 0 aliphatic carbocycles. The molecular weight excluding hydrogens is 456 g/mol. The second-order valence-electron chi connectivity index (χ2n) is 8.37. The highest BCUT2D eigenvalue weighted by molar-refractivity contribution is 6.46. The highest BCUT2D eigenvalue weighted by Crippen LogP contribution is 2.40. The van der Waals surface area contributed by atoms with Gasteiger partial charge in [0, 0.05) is 36.8 Å². The summed E-state index contributed by atoms with van der Waals surface area (Å²) < 4.78 is 11.2. The maximum Gasteiger partial charge on any atom is 0.295 e. The lowest BCUT2D eigenvalue weighted by molar-refractivity contribution is -0.140. The lowest BCUT2D eigenvalue weighted by atomic mass is 9.95. The van der Waals surface area contributed by atoms with Gasteiger partial charge in [0.2, 0.25) is 0 Å². The van der Waals surface area contributed by atoms with Crippen LogP contribution in [0.5, 0.6) is 5.75 Å². The molecule has 2 heterocycles. The third-order valence-corrected chi connectivity index (χ3v) is 6.32. The Morgan fingerprint density at radius 2 is 1.85 bits per heavy atom. The van der Waals surface area contributed by atoms with Crippen molar-refractivity contribution in [3.63, 3.8) is 0 Å². The molecule has 8 heteroatoms. The van der Waals surface area contributed by atoms with Gasteiger partial charge < -0.3 is 19.5 Å². The van der Waals surface area contributed by atoms with Crippen molar-refractivity contribution in [2.75, 3.05) is 46.0 Å². The number of ether oxygens (including phenoxy) is 2. The Kier molecular flexibility index (Phi) is 7.88. The van der Waals surface area contributed by atoms with Crippen LogP contribution in [-0.2, 0) is 14.3 Å². The molecule has 4 rings (SSSR count). The summed E-state index contributed by atoms with van der Waals surface area (Å²) in [5, 5.41) is 11.7. The fourth-order valence-corrected chi connectivity index (χ4v) is 4.41. The first-order valence-corrected chi connectivity index (χ1v) is 11.9. The molecule has 0 saturated carbocycles. The Labute approximate surface area is 204 Å². The molecule has 2 saturated heterocycles. The number of Topliss-reactive ketones (excluding diaryl/α,β-unsaturated/α-hetero) is 1. The number of ketones is 1. The second-order valence-corrected chi connectivity index (χ2v) is 8.81. The number of halogens is 1. The molecule has 2 aromatic carbocycles. The summed E-state index contributed by atoms with van der Waals surface area (Å²) in [5.41, 5.74) is 1.21. The topological polar surface area (TPSA) is 79.3 Å². The van der Waals surface area contributed by atoms with Crippen LogP contribution in [0.1, 0.15) is 30.5 Å². The Morgan fingerprint density at radius 3 is 2.56 bits per heavy atom. The van der Waals surface area contributed by atoms with Crippen molar-refractivity contribution < 1.29 is 24.2 Å². The van der Waals surface area contributed by atoms with Gasteiger partial charge in [0.25, 0.3) is 11.7 Å². The number of aliphatic hydroxyl groups excluding tert-OH is 1. The summed E-state index contributed by atoms with van der Waals surface area (Å²) in [4.78, 5) is 30.1. The number of aliphatic hydroxyl groups is 1. The van der Waals surface area contributed by atoms with Gasteiger partial charge in [0.1, 0.15) is 11.5 Å². The van der Waals surface area contributed by atoms with E-state index in [1.807, 2.05) is 31.2 Å². The van der Waals surface area contributed by atoms with E-state index >= 15 is 0 Å². The summed E-state index contributed by atoms with van der Waals surface area (Å²) in [6, 6.07) is 13.2. The van der Waals surface area contributed by atoms with Crippen LogP contribution in [-0.4, -0.2) is 72.6 Å². The van der Waals surface area contributed by atoms with Crippen molar-refractivity contribution in [1.29, 1.82) is 0 Å². The zero-order valence-electron chi connectivity index (χ0n) is 19.2. The number of carbonyl (C=O) groups excluding carboxylic acids is 2. The molecule has 180 valence electrons. The molecular formula is C26H29ClN2O5. The van der Waals surface area contributed by atoms with Crippen LogP contribution in [0, 0.1) is 0 Å². The number of carbonyl (C=O) groups is 2. The number of nitrogens with zero attached hydrogens (tertiary/aromatic N) is 2. The third-order valence-electron chi connectivity index (χ3n) is 6.07. The number of benzene rings is 2. The monoisotopic (exact) mass is 484 g/mol. The quantitative estimate of drug-likeness (QED) is 0.348. The van der Waals surface area contributed by atoms with Crippen LogP contribution in [0.3, 0.4) is 0 Å². The van der Waals surface area contributed by atoms with Crippen LogP contribution in [0.4, 0.5) is 0 Å². The van der Waals surface area contributed by atoms with Gasteiger partial charge in [-0.15, -0.1) is 0 Å². The maximum absolute atomic E-state index is 13.2. The molecule has 0 spiro atoms. The van der Waals surface area contributed by atoms with Crippen molar-refractivity contribution in [3.8, 4) is 5.75 Å². The minimum atomic E-state index is -0.720. The fourth-order valence-electron chi connectivity index (χ4n) is 4.29. The molecule has 7 nitrogen and oxygen atoms in total. The molecule has 2 aromatic rings. The Hall–Kier alpha value is -2.87. The van der Waals surface area contributed by atoms with Crippen LogP contribution in [0.15, 0.2) is 54.1 Å². The summed E-state index contributed by atoms with van der Waals surface area (Å²) in [7, 11) is 0. The molecule has 2 aliphatic heterocycles. The van der Waals surface area contributed by atoms with E-state index in [-0.39, 0.29) is 11.3 Å². The molecule has 0 radical (unpaired) electrons. The number of morpholine rings is 1. The van der Waals surface area contributed by atoms with E-state index in [1.165, 1.54) is 0 Å². The van der Waals surface area contributed by atoms with Gasteiger partial charge in [-0.2, -0.15) is 0 Å². The van der Waals surface area contributed by atoms with Gasteiger partial charge in [0.05, 0.1) is 31.4 Å². The molecule has 2 aliphatic rings. The molecule has 34 heavy (non-hydrogen) atoms. The minimum Gasteiger partial charge on any atom is -0.507 e. The SMILES string of the molecule is CCCOc1cccc([C@@H]2/C(=C(\O)c3ccc(Cl)cc3)C(=O)C(=O)N2CCN2CCOCC2)c1. The molecule has 0 bridgehead atoms. The number of hydrogen-bond donors (Lipinski definition) is 1. The Morgan fingerprint density at radius 1 is 1.12 bits per heavy atom. The summed E-state index contributed by atoms with van der Waals surface area (Å²) in [6.45, 7) is 6.40. The number of amides is 1. The van der Waals surface area contributed by atoms with Gasteiger partial charge >= 0.3 is 0 Å². The van der Waals surface area contributed by atoms with Gasteiger partial charge in [0.15, 0.2) is 0 Å². The largest absolute Gasteiger partial charge is 0.507 e. The molecule has 0 aromatic heterocycles. The zero-order chi connectivity index (χ0) is 24.1. The van der Waals surface area contributed by atoms with E-state index in [4.69, 9.17) is 21.1 Å². The molecule has 1 amide bonds.